The van der Waals surface area contributed by atoms with Crippen LogP contribution in [0.2, 0.25) is 0 Å². The number of carbonyl (C=O) groups excluding carboxylic acids is 1. The molecule has 0 unspecified atom stereocenters. The summed E-state index contributed by atoms with van der Waals surface area (Å²) in [4.78, 5) is 32.2. The SMILES string of the molecule is O=C(O)CCCCNC(=O)Cn1cc(CNc2nc(NCc3cn(CCCNCCCNC4CCCCC4)nn3)nc3ccccc23)nn1. The van der Waals surface area contributed by atoms with Crippen LogP contribution in [0.15, 0.2) is 36.7 Å². The average Bonchev–Trinajstić information content (AvgIpc) is 3.76. The van der Waals surface area contributed by atoms with Crippen LogP contribution in [0.1, 0.15) is 75.6 Å². The molecule has 49 heavy (non-hydrogen) atoms. The van der Waals surface area contributed by atoms with Gasteiger partial charge in [-0.05, 0) is 70.3 Å². The van der Waals surface area contributed by atoms with Crippen molar-refractivity contribution in [1.82, 2.24) is 55.9 Å². The molecule has 16 nitrogen and oxygen atoms in total. The molecule has 4 aromatic rings. The van der Waals surface area contributed by atoms with E-state index in [1.807, 2.05) is 35.1 Å². The molecular formula is C33H49N13O3. The summed E-state index contributed by atoms with van der Waals surface area (Å²) in [6, 6.07) is 8.47. The van der Waals surface area contributed by atoms with Gasteiger partial charge in [0.15, 0.2) is 0 Å². The number of aryl methyl sites for hydroxylation is 1. The van der Waals surface area contributed by atoms with Gasteiger partial charge >= 0.3 is 5.97 Å². The summed E-state index contributed by atoms with van der Waals surface area (Å²) < 4.78 is 3.34. The Morgan fingerprint density at radius 1 is 0.816 bits per heavy atom. The van der Waals surface area contributed by atoms with E-state index in [9.17, 15) is 9.59 Å². The zero-order valence-corrected chi connectivity index (χ0v) is 28.1. The van der Waals surface area contributed by atoms with Crippen LogP contribution < -0.4 is 26.6 Å². The summed E-state index contributed by atoms with van der Waals surface area (Å²) in [5.74, 6) is 0.0535. The van der Waals surface area contributed by atoms with Crippen LogP contribution in [-0.2, 0) is 35.8 Å². The third-order valence-electron chi connectivity index (χ3n) is 8.39. The van der Waals surface area contributed by atoms with E-state index in [0.717, 1.165) is 61.7 Å². The predicted octanol–water partition coefficient (Wildman–Crippen LogP) is 2.70. The topological polar surface area (TPSA) is 202 Å². The first-order valence-electron chi connectivity index (χ1n) is 17.5. The van der Waals surface area contributed by atoms with Gasteiger partial charge in [0.25, 0.3) is 0 Å². The second-order valence-corrected chi connectivity index (χ2v) is 12.4. The van der Waals surface area contributed by atoms with Crippen LogP contribution >= 0.6 is 0 Å². The lowest BCUT2D eigenvalue weighted by Gasteiger charge is -2.22. The summed E-state index contributed by atoms with van der Waals surface area (Å²) >= 11 is 0. The van der Waals surface area contributed by atoms with Gasteiger partial charge in [0.2, 0.25) is 11.9 Å². The Kier molecular flexibility index (Phi) is 14.0. The number of aromatic nitrogens is 8. The van der Waals surface area contributed by atoms with E-state index in [-0.39, 0.29) is 18.9 Å². The molecule has 5 rings (SSSR count). The van der Waals surface area contributed by atoms with Crippen LogP contribution in [0.3, 0.4) is 0 Å². The molecule has 0 spiro atoms. The zero-order valence-electron chi connectivity index (χ0n) is 28.1. The highest BCUT2D eigenvalue weighted by atomic mass is 16.4. The van der Waals surface area contributed by atoms with Crippen LogP contribution in [0, 0.1) is 0 Å². The van der Waals surface area contributed by atoms with Gasteiger partial charge in [-0.2, -0.15) is 4.98 Å². The molecule has 1 aromatic carbocycles. The lowest BCUT2D eigenvalue weighted by Crippen LogP contribution is -2.33. The maximum atomic E-state index is 12.2. The lowest BCUT2D eigenvalue weighted by atomic mass is 9.95. The highest BCUT2D eigenvalue weighted by Crippen LogP contribution is 2.22. The van der Waals surface area contributed by atoms with E-state index in [1.54, 1.807) is 6.20 Å². The molecular weight excluding hydrogens is 626 g/mol. The molecule has 0 bridgehead atoms. The minimum Gasteiger partial charge on any atom is -0.481 e. The summed E-state index contributed by atoms with van der Waals surface area (Å²) in [7, 11) is 0. The van der Waals surface area contributed by atoms with Crippen molar-refractivity contribution >= 4 is 34.5 Å². The fraction of sp³-hybridized carbons (Fsp3) is 0.576. The number of hydrogen-bond donors (Lipinski definition) is 6. The third kappa shape index (κ3) is 12.4. The van der Waals surface area contributed by atoms with Gasteiger partial charge < -0.3 is 31.7 Å². The first-order chi connectivity index (χ1) is 24.0. The molecule has 1 fully saturated rings. The number of carbonyl (C=O) groups is 2. The molecule has 0 saturated heterocycles. The number of nitrogens with one attached hydrogen (secondary N) is 5. The lowest BCUT2D eigenvalue weighted by molar-refractivity contribution is -0.137. The monoisotopic (exact) mass is 675 g/mol. The predicted molar refractivity (Wildman–Crippen MR) is 186 cm³/mol. The van der Waals surface area contributed by atoms with Gasteiger partial charge in [0.1, 0.15) is 23.8 Å². The second-order valence-electron chi connectivity index (χ2n) is 12.4. The molecule has 6 N–H and O–H groups in total. The van der Waals surface area contributed by atoms with Crippen LogP contribution in [-0.4, -0.2) is 89.2 Å². The smallest absolute Gasteiger partial charge is 0.303 e. The molecule has 0 radical (unpaired) electrons. The summed E-state index contributed by atoms with van der Waals surface area (Å²) in [5, 5.41) is 43.0. The van der Waals surface area contributed by atoms with Gasteiger partial charge in [-0.25, -0.2) is 9.67 Å². The van der Waals surface area contributed by atoms with E-state index in [2.05, 4.69) is 52.2 Å². The Balaban J connectivity index is 1.03. The number of carboxylic acids is 1. The van der Waals surface area contributed by atoms with E-state index in [1.165, 1.54) is 36.8 Å². The highest BCUT2D eigenvalue weighted by molar-refractivity contribution is 5.90. The van der Waals surface area contributed by atoms with Crippen molar-refractivity contribution < 1.29 is 14.7 Å². The van der Waals surface area contributed by atoms with Crippen molar-refractivity contribution in [3.63, 3.8) is 0 Å². The van der Waals surface area contributed by atoms with Gasteiger partial charge in [0.05, 0.1) is 31.0 Å². The number of aliphatic carboxylic acids is 1. The molecule has 1 aliphatic carbocycles. The Labute approximate surface area is 286 Å². The van der Waals surface area contributed by atoms with Crippen LogP contribution in [0.25, 0.3) is 10.9 Å². The first kappa shape index (κ1) is 35.6. The van der Waals surface area contributed by atoms with Gasteiger partial charge in [-0.1, -0.05) is 41.8 Å². The van der Waals surface area contributed by atoms with Crippen molar-refractivity contribution in [3.8, 4) is 0 Å². The molecule has 264 valence electrons. The first-order valence-corrected chi connectivity index (χ1v) is 17.5. The highest BCUT2D eigenvalue weighted by Gasteiger charge is 2.13. The Morgan fingerprint density at radius 2 is 1.57 bits per heavy atom. The van der Waals surface area contributed by atoms with E-state index in [0.29, 0.717) is 49.9 Å². The summed E-state index contributed by atoms with van der Waals surface area (Å²) in [6.07, 6.45) is 13.8. The quantitative estimate of drug-likeness (QED) is 0.0665. The van der Waals surface area contributed by atoms with Gasteiger partial charge in [0, 0.05) is 30.9 Å². The number of unbranched alkanes of at least 4 members (excludes halogenated alkanes) is 1. The fourth-order valence-electron chi connectivity index (χ4n) is 5.81. The number of nitrogens with zero attached hydrogens (tertiary/aromatic N) is 8. The molecule has 3 aromatic heterocycles. The molecule has 0 atom stereocenters. The van der Waals surface area contributed by atoms with Crippen molar-refractivity contribution in [1.29, 1.82) is 0 Å². The average molecular weight is 676 g/mol. The molecule has 1 aliphatic rings. The zero-order chi connectivity index (χ0) is 34.1. The molecule has 3 heterocycles. The van der Waals surface area contributed by atoms with Crippen molar-refractivity contribution in [2.45, 2.75) is 96.4 Å². The maximum absolute atomic E-state index is 12.2. The Bertz CT molecular complexity index is 1600. The van der Waals surface area contributed by atoms with E-state index < -0.39 is 5.97 Å². The fourth-order valence-corrected chi connectivity index (χ4v) is 5.81. The number of carboxylic acid groups (broad SMARTS) is 1. The third-order valence-corrected chi connectivity index (χ3v) is 8.39. The van der Waals surface area contributed by atoms with Crippen LogP contribution in [0.5, 0.6) is 0 Å². The number of rotatable bonds is 22. The largest absolute Gasteiger partial charge is 0.481 e. The van der Waals surface area contributed by atoms with Crippen molar-refractivity contribution in [2.75, 3.05) is 36.8 Å². The molecule has 16 heteroatoms. The maximum Gasteiger partial charge on any atom is 0.303 e. The van der Waals surface area contributed by atoms with Crippen molar-refractivity contribution in [3.05, 3.63) is 48.0 Å². The minimum atomic E-state index is -0.837. The molecule has 1 saturated carbocycles. The standard InChI is InChI=1S/C33H49N13O3/c47-30(36-17-7-6-14-31(48)49)24-46-23-26(42-44-46)20-37-32-28-12-4-5-13-29(28)39-33(40-32)38-21-27-22-45(43-41-27)19-9-16-34-15-8-18-35-25-10-2-1-3-11-25/h4-5,12-13,22-23,25,34-35H,1-3,6-11,14-21,24H2,(H,36,47)(H,48,49)(H2,37,38,39,40). The second kappa shape index (κ2) is 19.3. The van der Waals surface area contributed by atoms with Crippen LogP contribution in [0.4, 0.5) is 11.8 Å². The number of fused-ring (bicyclic) bond motifs is 1. The Hall–Kier alpha value is -4.70. The summed E-state index contributed by atoms with van der Waals surface area (Å²) in [5.41, 5.74) is 2.23. The van der Waals surface area contributed by atoms with E-state index in [4.69, 9.17) is 10.1 Å². The Morgan fingerprint density at radius 3 is 2.41 bits per heavy atom. The minimum absolute atomic E-state index is 0.0240. The number of amides is 1. The number of benzene rings is 1. The number of para-hydroxylation sites is 1. The van der Waals surface area contributed by atoms with Crippen molar-refractivity contribution in [2.24, 2.45) is 0 Å². The molecule has 1 amide bonds. The molecule has 0 aliphatic heterocycles. The van der Waals surface area contributed by atoms with Gasteiger partial charge in [-0.3, -0.25) is 14.3 Å². The summed E-state index contributed by atoms with van der Waals surface area (Å²) in [6.45, 7) is 5.07. The number of anilines is 2. The number of hydrogen-bond acceptors (Lipinski definition) is 12. The normalized spacial score (nSPS) is 13.5. The van der Waals surface area contributed by atoms with Gasteiger partial charge in [-0.15, -0.1) is 10.2 Å². The van der Waals surface area contributed by atoms with E-state index >= 15 is 0 Å².